The number of rotatable bonds is 7. The van der Waals surface area contributed by atoms with E-state index in [1.165, 1.54) is 36.4 Å². The van der Waals surface area contributed by atoms with E-state index in [4.69, 9.17) is 34.8 Å². The van der Waals surface area contributed by atoms with Gasteiger partial charge in [0.25, 0.3) is 0 Å². The van der Waals surface area contributed by atoms with Crippen molar-refractivity contribution in [2.45, 2.75) is 15.3 Å². The Morgan fingerprint density at radius 3 is 1.90 bits per heavy atom. The van der Waals surface area contributed by atoms with Crippen molar-refractivity contribution in [2.75, 3.05) is 0 Å². The van der Waals surface area contributed by atoms with Gasteiger partial charge in [0.05, 0.1) is 10.9 Å². The van der Waals surface area contributed by atoms with E-state index < -0.39 is 26.2 Å². The van der Waals surface area contributed by atoms with Crippen molar-refractivity contribution in [3.63, 3.8) is 0 Å². The average molecular weight is 469 g/mol. The molecule has 1 N–H and O–H groups in total. The summed E-state index contributed by atoms with van der Waals surface area (Å²) in [5.74, 6) is -0.651. The van der Waals surface area contributed by atoms with Crippen LogP contribution in [0.5, 0.6) is 0 Å². The molecular formula is C21H16Cl3NO3S. The molecule has 0 aliphatic carbocycles. The van der Waals surface area contributed by atoms with Crippen molar-refractivity contribution < 1.29 is 13.2 Å². The second-order valence-corrected chi connectivity index (χ2v) is 9.77. The van der Waals surface area contributed by atoms with Gasteiger partial charge in [-0.1, -0.05) is 83.3 Å². The average Bonchev–Trinajstić information content (AvgIpc) is 2.73. The van der Waals surface area contributed by atoms with Crippen LogP contribution in [0.4, 0.5) is 0 Å². The van der Waals surface area contributed by atoms with Crippen LogP contribution in [0, 0.1) is 0 Å². The minimum atomic E-state index is -4.01. The summed E-state index contributed by atoms with van der Waals surface area (Å²) in [5.41, 5.74) is 0.651. The van der Waals surface area contributed by atoms with Gasteiger partial charge in [-0.05, 0) is 42.0 Å². The highest BCUT2D eigenvalue weighted by molar-refractivity contribution is 7.89. The van der Waals surface area contributed by atoms with Crippen molar-refractivity contribution >= 4 is 50.6 Å². The topological polar surface area (TPSA) is 63.2 Å². The molecule has 0 aliphatic heterocycles. The molecule has 0 aliphatic rings. The number of Topliss-reactive ketones (excluding diaryl/α,β-unsaturated/α-hetero) is 1. The van der Waals surface area contributed by atoms with Crippen LogP contribution in [-0.4, -0.2) is 18.5 Å². The Hall–Kier alpha value is -1.89. The number of carbonyl (C=O) groups excluding carboxylic acids is 1. The summed E-state index contributed by atoms with van der Waals surface area (Å²) in [5, 5.41) is 0.445. The molecule has 8 heteroatoms. The molecule has 0 fully saturated rings. The normalized spacial score (nSPS) is 13.1. The summed E-state index contributed by atoms with van der Waals surface area (Å²) in [6.45, 7) is 0. The number of sulfonamides is 1. The van der Waals surface area contributed by atoms with Gasteiger partial charge in [-0.3, -0.25) is 4.79 Å². The maximum absolute atomic E-state index is 13.1. The van der Waals surface area contributed by atoms with E-state index in [0.717, 1.165) is 0 Å². The summed E-state index contributed by atoms with van der Waals surface area (Å²) in [6.07, 6.45) is 0. The molecule has 0 saturated heterocycles. The monoisotopic (exact) mass is 467 g/mol. The molecular weight excluding hydrogens is 453 g/mol. The van der Waals surface area contributed by atoms with Crippen LogP contribution in [0.25, 0.3) is 0 Å². The smallest absolute Gasteiger partial charge is 0.241 e. The van der Waals surface area contributed by atoms with E-state index in [1.807, 2.05) is 0 Å². The SMILES string of the molecule is O=C(c1ccc(Cl)cc1)C(Cl)(Cl)C(NS(=O)(=O)c1ccccc1)c1ccccc1. The fourth-order valence-corrected chi connectivity index (χ4v) is 4.85. The van der Waals surface area contributed by atoms with E-state index >= 15 is 0 Å². The number of hydrogen-bond donors (Lipinski definition) is 1. The second-order valence-electron chi connectivity index (χ2n) is 6.24. The number of alkyl halides is 2. The lowest BCUT2D eigenvalue weighted by molar-refractivity contribution is 0.0960. The van der Waals surface area contributed by atoms with Crippen molar-refractivity contribution in [1.29, 1.82) is 0 Å². The molecule has 150 valence electrons. The molecule has 0 bridgehead atoms. The Bertz CT molecular complexity index is 1090. The standard InChI is InChI=1S/C21H16Cl3NO3S/c22-17-13-11-16(12-14-17)20(26)21(23,24)19(15-7-3-1-4-8-15)25-29(27,28)18-9-5-2-6-10-18/h1-14,19,25H. The molecule has 0 saturated carbocycles. The van der Waals surface area contributed by atoms with Crippen molar-refractivity contribution in [2.24, 2.45) is 0 Å². The van der Waals surface area contributed by atoms with Gasteiger partial charge < -0.3 is 0 Å². The third-order valence-corrected chi connectivity index (χ3v) is 6.70. The maximum Gasteiger partial charge on any atom is 0.241 e. The minimum Gasteiger partial charge on any atom is -0.291 e. The molecule has 3 rings (SSSR count). The van der Waals surface area contributed by atoms with Gasteiger partial charge in [-0.25, -0.2) is 13.1 Å². The lowest BCUT2D eigenvalue weighted by atomic mass is 9.97. The summed E-state index contributed by atoms with van der Waals surface area (Å²) in [6, 6.07) is 21.0. The first kappa shape index (κ1) is 21.8. The van der Waals surface area contributed by atoms with Crippen molar-refractivity contribution in [1.82, 2.24) is 4.72 Å². The number of hydrogen-bond acceptors (Lipinski definition) is 3. The fraction of sp³-hybridized carbons (Fsp3) is 0.0952. The summed E-state index contributed by atoms with van der Waals surface area (Å²) >= 11 is 18.9. The largest absolute Gasteiger partial charge is 0.291 e. The van der Waals surface area contributed by atoms with E-state index in [9.17, 15) is 13.2 Å². The molecule has 3 aromatic carbocycles. The Morgan fingerprint density at radius 2 is 1.34 bits per heavy atom. The van der Waals surface area contributed by atoms with E-state index in [0.29, 0.717) is 10.6 Å². The van der Waals surface area contributed by atoms with Crippen LogP contribution in [-0.2, 0) is 10.0 Å². The fourth-order valence-electron chi connectivity index (χ4n) is 2.74. The molecule has 0 radical (unpaired) electrons. The molecule has 3 aromatic rings. The molecule has 1 atom stereocenters. The van der Waals surface area contributed by atoms with Gasteiger partial charge in [-0.15, -0.1) is 0 Å². The number of halogens is 3. The van der Waals surface area contributed by atoms with E-state index in [1.54, 1.807) is 48.5 Å². The molecule has 4 nitrogen and oxygen atoms in total. The van der Waals surface area contributed by atoms with Crippen LogP contribution in [0.1, 0.15) is 22.0 Å². The zero-order valence-electron chi connectivity index (χ0n) is 14.9. The van der Waals surface area contributed by atoms with Crippen LogP contribution >= 0.6 is 34.8 Å². The highest BCUT2D eigenvalue weighted by Crippen LogP contribution is 2.40. The number of carbonyl (C=O) groups is 1. The van der Waals surface area contributed by atoms with Gasteiger partial charge in [0.15, 0.2) is 0 Å². The predicted octanol–water partition coefficient (Wildman–Crippen LogP) is 5.42. The molecule has 29 heavy (non-hydrogen) atoms. The molecule has 0 aromatic heterocycles. The van der Waals surface area contributed by atoms with Crippen LogP contribution in [0.3, 0.4) is 0 Å². The minimum absolute atomic E-state index is 0.0315. The maximum atomic E-state index is 13.1. The first-order valence-corrected chi connectivity index (χ1v) is 11.1. The van der Waals surface area contributed by atoms with Crippen molar-refractivity contribution in [3.8, 4) is 0 Å². The summed E-state index contributed by atoms with van der Waals surface area (Å²) in [4.78, 5) is 13.1. The Morgan fingerprint density at radius 1 is 0.828 bits per heavy atom. The predicted molar refractivity (Wildman–Crippen MR) is 116 cm³/mol. The van der Waals surface area contributed by atoms with Gasteiger partial charge in [0, 0.05) is 10.6 Å². The first-order chi connectivity index (χ1) is 13.7. The third-order valence-electron chi connectivity index (χ3n) is 4.23. The quantitative estimate of drug-likeness (QED) is 0.372. The Labute approximate surface area is 184 Å². The Balaban J connectivity index is 2.03. The number of ketones is 1. The lowest BCUT2D eigenvalue weighted by Crippen LogP contribution is -2.44. The number of nitrogens with one attached hydrogen (secondary N) is 1. The summed E-state index contributed by atoms with van der Waals surface area (Å²) in [7, 11) is -4.01. The summed E-state index contributed by atoms with van der Waals surface area (Å²) < 4.78 is 26.2. The Kier molecular flexibility index (Phi) is 6.66. The third kappa shape index (κ3) is 5.00. The molecule has 0 heterocycles. The zero-order chi connectivity index (χ0) is 21.1. The van der Waals surface area contributed by atoms with Gasteiger partial charge >= 0.3 is 0 Å². The van der Waals surface area contributed by atoms with Gasteiger partial charge in [-0.2, -0.15) is 0 Å². The van der Waals surface area contributed by atoms with Crippen molar-refractivity contribution in [3.05, 3.63) is 101 Å². The van der Waals surface area contributed by atoms with E-state index in [-0.39, 0.29) is 10.5 Å². The lowest BCUT2D eigenvalue weighted by Gasteiger charge is -2.30. The number of benzene rings is 3. The molecule has 0 spiro atoms. The zero-order valence-corrected chi connectivity index (χ0v) is 18.0. The molecule has 1 unspecified atom stereocenters. The van der Waals surface area contributed by atoms with E-state index in [2.05, 4.69) is 4.72 Å². The second kappa shape index (κ2) is 8.86. The highest BCUT2D eigenvalue weighted by Gasteiger charge is 2.45. The van der Waals surface area contributed by atoms with Crippen LogP contribution < -0.4 is 4.72 Å². The first-order valence-electron chi connectivity index (χ1n) is 8.52. The van der Waals surface area contributed by atoms with Crippen LogP contribution in [0.15, 0.2) is 89.8 Å². The van der Waals surface area contributed by atoms with Gasteiger partial charge in [0.1, 0.15) is 0 Å². The van der Waals surface area contributed by atoms with Crippen LogP contribution in [0.2, 0.25) is 5.02 Å². The van der Waals surface area contributed by atoms with Gasteiger partial charge in [0.2, 0.25) is 20.1 Å². The highest BCUT2D eigenvalue weighted by atomic mass is 35.5. The molecule has 0 amide bonds.